The summed E-state index contributed by atoms with van der Waals surface area (Å²) in [5.41, 5.74) is 2.16. The van der Waals surface area contributed by atoms with E-state index in [1.165, 1.54) is 14.7 Å². The smallest absolute Gasteiger partial charge is 0.332 e. The van der Waals surface area contributed by atoms with E-state index in [4.69, 9.17) is 16.6 Å². The van der Waals surface area contributed by atoms with E-state index in [-0.39, 0.29) is 17.8 Å². The minimum Gasteiger partial charge on any atom is -0.338 e. The Hall–Kier alpha value is -3.32. The molecule has 0 bridgehead atoms. The molecule has 2 aromatic heterocycles. The SMILES string of the molecule is Cn1c(=O)n(Cc2cccc(Cl)c2)c(=O)c2c1nc1n2CCCN1Cc1ccccc1. The number of aromatic nitrogens is 4. The van der Waals surface area contributed by atoms with Gasteiger partial charge in [-0.25, -0.2) is 4.79 Å². The lowest BCUT2D eigenvalue weighted by atomic mass is 10.2. The van der Waals surface area contributed by atoms with E-state index in [0.29, 0.717) is 29.3 Å². The normalized spacial score (nSPS) is 13.5. The number of anilines is 1. The Morgan fingerprint density at radius 1 is 0.968 bits per heavy atom. The first-order valence-electron chi connectivity index (χ1n) is 10.3. The Bertz CT molecular complexity index is 1390. The Morgan fingerprint density at radius 3 is 2.52 bits per heavy atom. The Balaban J connectivity index is 1.63. The minimum atomic E-state index is -0.387. The van der Waals surface area contributed by atoms with E-state index in [1.54, 1.807) is 19.2 Å². The number of hydrogen-bond donors (Lipinski definition) is 0. The van der Waals surface area contributed by atoms with Crippen LogP contribution < -0.4 is 16.1 Å². The summed E-state index contributed by atoms with van der Waals surface area (Å²) in [5.74, 6) is 0.734. The fraction of sp³-hybridized carbons (Fsp3) is 0.261. The van der Waals surface area contributed by atoms with Crippen molar-refractivity contribution in [1.82, 2.24) is 18.7 Å². The zero-order chi connectivity index (χ0) is 21.5. The van der Waals surface area contributed by atoms with Crippen molar-refractivity contribution in [2.75, 3.05) is 11.4 Å². The highest BCUT2D eigenvalue weighted by Gasteiger charge is 2.26. The molecule has 0 atom stereocenters. The average Bonchev–Trinajstić information content (AvgIpc) is 3.17. The Morgan fingerprint density at radius 2 is 1.74 bits per heavy atom. The van der Waals surface area contributed by atoms with Crippen LogP contribution in [0.2, 0.25) is 5.02 Å². The first kappa shape index (κ1) is 19.6. The fourth-order valence-corrected chi connectivity index (χ4v) is 4.46. The summed E-state index contributed by atoms with van der Waals surface area (Å²) in [6, 6.07) is 17.4. The van der Waals surface area contributed by atoms with Gasteiger partial charge in [0.25, 0.3) is 5.56 Å². The molecule has 0 saturated carbocycles. The van der Waals surface area contributed by atoms with Crippen LogP contribution in [0.15, 0.2) is 64.2 Å². The zero-order valence-corrected chi connectivity index (χ0v) is 17.9. The van der Waals surface area contributed by atoms with Gasteiger partial charge in [-0.15, -0.1) is 0 Å². The van der Waals surface area contributed by atoms with Crippen molar-refractivity contribution in [3.8, 4) is 0 Å². The molecule has 0 amide bonds. The van der Waals surface area contributed by atoms with Gasteiger partial charge in [-0.2, -0.15) is 4.98 Å². The van der Waals surface area contributed by atoms with Gasteiger partial charge in [0.15, 0.2) is 11.2 Å². The lowest BCUT2D eigenvalue weighted by Gasteiger charge is -2.29. The van der Waals surface area contributed by atoms with Crippen LogP contribution in [-0.4, -0.2) is 25.2 Å². The van der Waals surface area contributed by atoms with Crippen molar-refractivity contribution < 1.29 is 0 Å². The molecule has 0 unspecified atom stereocenters. The second-order valence-corrected chi connectivity index (χ2v) is 8.30. The summed E-state index contributed by atoms with van der Waals surface area (Å²) in [4.78, 5) is 33.3. The van der Waals surface area contributed by atoms with E-state index >= 15 is 0 Å². The van der Waals surface area contributed by atoms with Gasteiger partial charge in [-0.3, -0.25) is 13.9 Å². The molecule has 0 N–H and O–H groups in total. The number of imidazole rings is 1. The molecule has 1 aliphatic heterocycles. The van der Waals surface area contributed by atoms with E-state index in [2.05, 4.69) is 17.0 Å². The maximum absolute atomic E-state index is 13.4. The van der Waals surface area contributed by atoms with E-state index in [9.17, 15) is 9.59 Å². The lowest BCUT2D eigenvalue weighted by molar-refractivity contribution is 0.561. The van der Waals surface area contributed by atoms with Gasteiger partial charge in [-0.05, 0) is 29.7 Å². The predicted octanol–water partition coefficient (Wildman–Crippen LogP) is 3.01. The number of hydrogen-bond acceptors (Lipinski definition) is 4. The molecule has 4 aromatic rings. The van der Waals surface area contributed by atoms with Crippen LogP contribution in [0, 0.1) is 0 Å². The van der Waals surface area contributed by atoms with Crippen LogP contribution >= 0.6 is 11.6 Å². The topological polar surface area (TPSA) is 65.1 Å². The summed E-state index contributed by atoms with van der Waals surface area (Å²) < 4.78 is 4.68. The van der Waals surface area contributed by atoms with Crippen LogP contribution in [0.5, 0.6) is 0 Å². The molecule has 3 heterocycles. The first-order chi connectivity index (χ1) is 15.0. The second-order valence-electron chi connectivity index (χ2n) is 7.86. The third-order valence-corrected chi connectivity index (χ3v) is 5.99. The molecule has 8 heteroatoms. The number of nitrogens with zero attached hydrogens (tertiary/aromatic N) is 5. The monoisotopic (exact) mass is 435 g/mol. The molecule has 0 saturated heterocycles. The van der Waals surface area contributed by atoms with E-state index < -0.39 is 0 Å². The molecule has 158 valence electrons. The molecule has 5 rings (SSSR count). The zero-order valence-electron chi connectivity index (χ0n) is 17.2. The lowest BCUT2D eigenvalue weighted by Crippen LogP contribution is -2.40. The van der Waals surface area contributed by atoms with Crippen molar-refractivity contribution >= 4 is 28.7 Å². The third kappa shape index (κ3) is 3.45. The minimum absolute atomic E-state index is 0.163. The molecule has 2 aromatic carbocycles. The number of fused-ring (bicyclic) bond motifs is 3. The Labute approximate surface area is 183 Å². The van der Waals surface area contributed by atoms with Crippen LogP contribution in [-0.2, 0) is 26.7 Å². The van der Waals surface area contributed by atoms with Crippen LogP contribution in [0.25, 0.3) is 11.2 Å². The summed E-state index contributed by atoms with van der Waals surface area (Å²) in [6.07, 6.45) is 0.905. The molecule has 7 nitrogen and oxygen atoms in total. The van der Waals surface area contributed by atoms with E-state index in [1.807, 2.05) is 34.9 Å². The number of aryl methyl sites for hydroxylation is 2. The molecule has 0 aliphatic carbocycles. The average molecular weight is 436 g/mol. The first-order valence-corrected chi connectivity index (χ1v) is 10.6. The molecule has 0 fully saturated rings. The van der Waals surface area contributed by atoms with Crippen LogP contribution in [0.3, 0.4) is 0 Å². The Kier molecular flexibility index (Phi) is 4.90. The van der Waals surface area contributed by atoms with Gasteiger partial charge in [0.05, 0.1) is 6.54 Å². The number of benzene rings is 2. The second kappa shape index (κ2) is 7.74. The molecule has 0 radical (unpaired) electrons. The molecular weight excluding hydrogens is 414 g/mol. The van der Waals surface area contributed by atoms with Gasteiger partial charge >= 0.3 is 5.69 Å². The molecule has 1 aliphatic rings. The standard InChI is InChI=1S/C23H22ClN5O2/c1-26-20-19(21(30)29(23(26)31)15-17-9-5-10-18(24)13-17)28-12-6-11-27(22(28)25-20)14-16-7-3-2-4-8-16/h2-5,7-10,13H,6,11-12,14-15H2,1H3. The summed E-state index contributed by atoms with van der Waals surface area (Å²) in [6.45, 7) is 2.41. The molecular formula is C23H22ClN5O2. The highest BCUT2D eigenvalue weighted by molar-refractivity contribution is 6.30. The maximum Gasteiger partial charge on any atom is 0.332 e. The maximum atomic E-state index is 13.4. The third-order valence-electron chi connectivity index (χ3n) is 5.75. The number of rotatable bonds is 4. The fourth-order valence-electron chi connectivity index (χ4n) is 4.24. The van der Waals surface area contributed by atoms with Gasteiger partial charge in [0.2, 0.25) is 5.95 Å². The summed E-state index contributed by atoms with van der Waals surface area (Å²) in [7, 11) is 1.67. The van der Waals surface area contributed by atoms with E-state index in [0.717, 1.165) is 24.5 Å². The van der Waals surface area contributed by atoms with Crippen molar-refractivity contribution in [3.63, 3.8) is 0 Å². The van der Waals surface area contributed by atoms with Crippen molar-refractivity contribution in [2.24, 2.45) is 7.05 Å². The predicted molar refractivity (Wildman–Crippen MR) is 122 cm³/mol. The van der Waals surface area contributed by atoms with Gasteiger partial charge < -0.3 is 9.47 Å². The summed E-state index contributed by atoms with van der Waals surface area (Å²) in [5, 5.41) is 0.571. The van der Waals surface area contributed by atoms with Crippen LogP contribution in [0.4, 0.5) is 5.95 Å². The van der Waals surface area contributed by atoms with Crippen molar-refractivity contribution in [2.45, 2.75) is 26.1 Å². The van der Waals surface area contributed by atoms with Gasteiger partial charge in [0.1, 0.15) is 0 Å². The number of halogens is 1. The highest BCUT2D eigenvalue weighted by atomic mass is 35.5. The van der Waals surface area contributed by atoms with Gasteiger partial charge in [0, 0.05) is 31.7 Å². The molecule has 31 heavy (non-hydrogen) atoms. The van der Waals surface area contributed by atoms with Crippen molar-refractivity contribution in [1.29, 1.82) is 0 Å². The largest absolute Gasteiger partial charge is 0.338 e. The van der Waals surface area contributed by atoms with Crippen molar-refractivity contribution in [3.05, 3.63) is 91.6 Å². The van der Waals surface area contributed by atoms with Crippen LogP contribution in [0.1, 0.15) is 17.5 Å². The summed E-state index contributed by atoms with van der Waals surface area (Å²) >= 11 is 6.09. The van der Waals surface area contributed by atoms with Gasteiger partial charge in [-0.1, -0.05) is 54.1 Å². The quantitative estimate of drug-likeness (QED) is 0.494. The molecule has 0 spiro atoms. The highest BCUT2D eigenvalue weighted by Crippen LogP contribution is 2.25.